The Morgan fingerprint density at radius 2 is 0.852 bits per heavy atom. The zero-order valence-electron chi connectivity index (χ0n) is 48.2. The molecule has 0 atom stereocenters. The largest absolute Gasteiger partial charge is 0.396 e. The first-order chi connectivity index (χ1) is 42.1. The first-order valence-electron chi connectivity index (χ1n) is 26.7. The number of nitrogens with one attached hydrogen (secondary N) is 1. The summed E-state index contributed by atoms with van der Waals surface area (Å²) < 4.78 is 104. The third-order valence-electron chi connectivity index (χ3n) is 13.3. The van der Waals surface area contributed by atoms with Crippen LogP contribution in [0.3, 0.4) is 0 Å². The minimum Gasteiger partial charge on any atom is -0.396 e. The van der Waals surface area contributed by atoms with Gasteiger partial charge in [-0.05, 0) is 97.9 Å². The number of benzene rings is 3. The molecule has 0 radical (unpaired) electrons. The summed E-state index contributed by atoms with van der Waals surface area (Å²) in [5.41, 5.74) is 10.5. The van der Waals surface area contributed by atoms with Crippen LogP contribution in [0.5, 0.6) is 0 Å². The highest BCUT2D eigenvalue weighted by Gasteiger charge is 2.25. The zero-order valence-corrected chi connectivity index (χ0v) is 49.9. The number of aliphatic hydroxyl groups excluding tert-OH is 1. The van der Waals surface area contributed by atoms with Gasteiger partial charge in [-0.1, -0.05) is 13.8 Å². The van der Waals surface area contributed by atoms with E-state index in [1.165, 1.54) is 48.8 Å². The summed E-state index contributed by atoms with van der Waals surface area (Å²) in [5.74, 6) is -0.610. The summed E-state index contributed by atoms with van der Waals surface area (Å²) in [7, 11) is -4.02. The van der Waals surface area contributed by atoms with E-state index in [-0.39, 0.29) is 46.4 Å². The van der Waals surface area contributed by atoms with E-state index in [0.717, 1.165) is 23.8 Å². The molecule has 0 unspecified atom stereocenters. The van der Waals surface area contributed by atoms with Gasteiger partial charge in [0.15, 0.2) is 16.9 Å². The smallest absolute Gasteiger partial charge is 0.247 e. The number of ether oxygens (including phenoxy) is 2. The number of halogens is 3. The second kappa shape index (κ2) is 25.6. The average molecular weight is 1230 g/mol. The summed E-state index contributed by atoms with van der Waals surface area (Å²) in [5, 5.41) is 12.1. The Labute approximate surface area is 502 Å². The van der Waals surface area contributed by atoms with Gasteiger partial charge in [0.1, 0.15) is 28.8 Å². The van der Waals surface area contributed by atoms with Crippen molar-refractivity contribution in [3.8, 4) is 67.9 Å². The number of sulfone groups is 2. The number of imidazole rings is 3. The number of aryl methyl sites for hydroxylation is 1. The molecule has 450 valence electrons. The van der Waals surface area contributed by atoms with Gasteiger partial charge < -0.3 is 19.9 Å². The number of hydrogen-bond donors (Lipinski definition) is 2. The molecule has 9 heterocycles. The summed E-state index contributed by atoms with van der Waals surface area (Å²) in [6.45, 7) is 6.81. The molecule has 0 amide bonds. The van der Waals surface area contributed by atoms with Crippen molar-refractivity contribution >= 4 is 42.6 Å². The Kier molecular flexibility index (Phi) is 17.8. The van der Waals surface area contributed by atoms with E-state index < -0.39 is 19.7 Å². The Morgan fingerprint density at radius 3 is 1.24 bits per heavy atom. The van der Waals surface area contributed by atoms with Crippen LogP contribution in [-0.2, 0) is 42.4 Å². The predicted octanol–water partition coefficient (Wildman–Crippen LogP) is 8.82. The van der Waals surface area contributed by atoms with E-state index in [4.69, 9.17) is 19.4 Å². The molecule has 12 rings (SSSR count). The SMILES string of the molecule is COCc1nccn2c(-c3ccnc(NCC(C)(C)CO)n3)c(-c3ccc(F)cc3)nc12.COCc1nccn2c(-c3ccnc(S(C)(=O)=O)n3)c(-c3ccc(F)cc3)nc12.Cc1nccn2c(-c3ccnc(S(C)(=O)=O)n3)c(-c3ccc(F)cc3)nc12. The van der Waals surface area contributed by atoms with Gasteiger partial charge >= 0.3 is 0 Å². The van der Waals surface area contributed by atoms with Crippen LogP contribution in [0.15, 0.2) is 157 Å². The lowest BCUT2D eigenvalue weighted by Crippen LogP contribution is -2.27. The van der Waals surface area contributed by atoms with Crippen molar-refractivity contribution in [1.82, 2.24) is 73.0 Å². The third kappa shape index (κ3) is 13.4. The molecule has 0 aliphatic heterocycles. The first kappa shape index (κ1) is 61.2. The van der Waals surface area contributed by atoms with E-state index in [1.54, 1.807) is 115 Å². The van der Waals surface area contributed by atoms with Crippen molar-refractivity contribution in [3.63, 3.8) is 0 Å². The Balaban J connectivity index is 0.000000146. The van der Waals surface area contributed by atoms with Crippen molar-refractivity contribution in [2.24, 2.45) is 5.41 Å². The molecule has 0 aliphatic rings. The van der Waals surface area contributed by atoms with Crippen LogP contribution in [0.25, 0.3) is 84.9 Å². The fourth-order valence-electron chi connectivity index (χ4n) is 9.05. The number of methoxy groups -OCH3 is 2. The molecule has 0 saturated carbocycles. The second-order valence-electron chi connectivity index (χ2n) is 20.6. The van der Waals surface area contributed by atoms with Crippen molar-refractivity contribution in [1.29, 1.82) is 0 Å². The fourth-order valence-corrected chi connectivity index (χ4v) is 10.1. The Bertz CT molecular complexity index is 4740. The van der Waals surface area contributed by atoms with E-state index in [0.29, 0.717) is 110 Å². The quantitative estimate of drug-likeness (QED) is 0.0854. The summed E-state index contributed by atoms with van der Waals surface area (Å²) in [6, 6.07) is 23.0. The van der Waals surface area contributed by atoms with E-state index in [1.807, 2.05) is 31.4 Å². The van der Waals surface area contributed by atoms with Crippen LogP contribution < -0.4 is 5.32 Å². The van der Waals surface area contributed by atoms with Gasteiger partial charge in [0.25, 0.3) is 0 Å². The monoisotopic (exact) mass is 1230 g/mol. The molecule has 12 aromatic rings. The van der Waals surface area contributed by atoms with Crippen LogP contribution >= 0.6 is 0 Å². The van der Waals surface area contributed by atoms with E-state index in [9.17, 15) is 35.1 Å². The van der Waals surface area contributed by atoms with Crippen molar-refractivity contribution in [3.05, 3.63) is 181 Å². The van der Waals surface area contributed by atoms with Gasteiger partial charge in [0.05, 0.1) is 70.2 Å². The first-order valence-corrected chi connectivity index (χ1v) is 30.5. The van der Waals surface area contributed by atoms with Crippen molar-refractivity contribution < 1.29 is 44.6 Å². The maximum absolute atomic E-state index is 13.6. The molecule has 2 N–H and O–H groups in total. The zero-order chi connectivity index (χ0) is 62.5. The Hall–Kier alpha value is -9.87. The van der Waals surface area contributed by atoms with Crippen LogP contribution in [0.1, 0.15) is 30.9 Å². The lowest BCUT2D eigenvalue weighted by Gasteiger charge is -2.21. The standard InChI is InChI=1S/C23H25FN6O2.C19H16FN5O3S.C18H14FN5O2S/c1-23(2,14-31)13-27-22-26-9-8-17(28-22)20-19(15-4-6-16(24)7-5-15)29-21-18(12-32-3)25-10-11-30(20)21;1-28-11-15-18-24-16(12-3-5-13(20)6-4-12)17(25(18)10-9-21-15)14-7-8-22-19(23-14)29(2,26)27;1-11-17-23-15(12-3-5-13(19)6-4-12)16(24(17)10-9-20-11)14-7-8-21-18(22-14)27(2,25)26/h4-11,31H,12-14H2,1-3H3,(H,26,27,28);3-10H,11H2,1-2H3;3-10H,1-2H3. The molecular weight excluding hydrogens is 1180 g/mol. The fraction of sp³-hybridized carbons (Fsp3) is 0.200. The lowest BCUT2D eigenvalue weighted by atomic mass is 9.95. The number of nitrogens with zero attached hydrogens (tertiary/aromatic N) is 15. The topological polar surface area (TPSA) is 287 Å². The number of hydrogen-bond acceptors (Lipinski definition) is 20. The lowest BCUT2D eigenvalue weighted by molar-refractivity contribution is 0.170. The molecule has 0 fully saturated rings. The van der Waals surface area contributed by atoms with E-state index in [2.05, 4.69) is 55.2 Å². The molecule has 0 bridgehead atoms. The molecule has 3 aromatic carbocycles. The summed E-state index contributed by atoms with van der Waals surface area (Å²) in [6.07, 6.45) is 16.7. The molecular formula is C60H55F3N16O7S2. The minimum atomic E-state index is -3.60. The maximum Gasteiger partial charge on any atom is 0.247 e. The summed E-state index contributed by atoms with van der Waals surface area (Å²) >= 11 is 0. The molecule has 9 aromatic heterocycles. The normalized spacial score (nSPS) is 11.8. The highest BCUT2D eigenvalue weighted by atomic mass is 32.2. The highest BCUT2D eigenvalue weighted by Crippen LogP contribution is 2.36. The minimum absolute atomic E-state index is 0.0386. The predicted molar refractivity (Wildman–Crippen MR) is 320 cm³/mol. The molecule has 23 nitrogen and oxygen atoms in total. The van der Waals surface area contributed by atoms with Crippen LogP contribution in [-0.4, -0.2) is 135 Å². The second-order valence-corrected chi connectivity index (χ2v) is 24.4. The van der Waals surface area contributed by atoms with Crippen LogP contribution in [0, 0.1) is 29.8 Å². The molecule has 88 heavy (non-hydrogen) atoms. The molecule has 0 saturated heterocycles. The maximum atomic E-state index is 13.6. The number of aromatic nitrogens is 15. The van der Waals surface area contributed by atoms with Gasteiger partial charge in [0, 0.05) is 118 Å². The van der Waals surface area contributed by atoms with Crippen molar-refractivity contribution in [2.45, 2.75) is 44.3 Å². The van der Waals surface area contributed by atoms with Crippen molar-refractivity contribution in [2.75, 3.05) is 45.2 Å². The third-order valence-corrected chi connectivity index (χ3v) is 15.1. The number of aliphatic hydroxyl groups is 1. The highest BCUT2D eigenvalue weighted by molar-refractivity contribution is 7.90. The van der Waals surface area contributed by atoms with E-state index >= 15 is 0 Å². The van der Waals surface area contributed by atoms with Gasteiger partial charge in [-0.3, -0.25) is 28.2 Å². The van der Waals surface area contributed by atoms with Crippen LogP contribution in [0.2, 0.25) is 0 Å². The van der Waals surface area contributed by atoms with Gasteiger partial charge in [0.2, 0.25) is 35.9 Å². The molecule has 0 aliphatic carbocycles. The van der Waals surface area contributed by atoms with Gasteiger partial charge in [-0.15, -0.1) is 0 Å². The number of fused-ring (bicyclic) bond motifs is 3. The summed E-state index contributed by atoms with van der Waals surface area (Å²) in [4.78, 5) is 52.3. The van der Waals surface area contributed by atoms with Crippen LogP contribution in [0.4, 0.5) is 19.1 Å². The molecule has 28 heteroatoms. The van der Waals surface area contributed by atoms with Gasteiger partial charge in [-0.2, -0.15) is 0 Å². The average Bonchev–Trinajstić information content (AvgIpc) is 2.06. The van der Waals surface area contributed by atoms with Gasteiger partial charge in [-0.25, -0.2) is 74.9 Å². The number of anilines is 1. The Morgan fingerprint density at radius 1 is 0.489 bits per heavy atom. The molecule has 0 spiro atoms. The number of rotatable bonds is 16.